The number of sulfonamides is 2. The molecule has 4 rings (SSSR count). The molecule has 0 unspecified atom stereocenters. The highest BCUT2D eigenvalue weighted by Gasteiger charge is 2.30. The first kappa shape index (κ1) is 26.9. The Morgan fingerprint density at radius 3 is 2.03 bits per heavy atom. The van der Waals surface area contributed by atoms with Crippen molar-refractivity contribution in [2.45, 2.75) is 16.7 Å². The second kappa shape index (κ2) is 10.7. The molecule has 0 saturated carbocycles. The Hall–Kier alpha value is -4.16. The van der Waals surface area contributed by atoms with Crippen molar-refractivity contribution in [2.75, 3.05) is 29.5 Å². The molecular formula is C26H25N3O7S2. The highest BCUT2D eigenvalue weighted by molar-refractivity contribution is 7.93. The summed E-state index contributed by atoms with van der Waals surface area (Å²) in [4.78, 5) is 15.4. The number of ether oxygens (including phenoxy) is 2. The first-order valence-electron chi connectivity index (χ1n) is 11.3. The van der Waals surface area contributed by atoms with Gasteiger partial charge in [0.25, 0.3) is 26.5 Å². The van der Waals surface area contributed by atoms with Crippen molar-refractivity contribution in [3.63, 3.8) is 0 Å². The number of fused-ring (bicyclic) bond motifs is 1. The van der Waals surface area contributed by atoms with Crippen molar-refractivity contribution < 1.29 is 31.1 Å². The molecule has 0 atom stereocenters. The van der Waals surface area contributed by atoms with E-state index in [1.54, 1.807) is 48.5 Å². The van der Waals surface area contributed by atoms with Crippen LogP contribution in [0.4, 0.5) is 11.5 Å². The third-order valence-corrected chi connectivity index (χ3v) is 9.43. The first-order valence-corrected chi connectivity index (χ1v) is 14.1. The van der Waals surface area contributed by atoms with E-state index in [0.29, 0.717) is 16.5 Å². The minimum absolute atomic E-state index is 0.0215. The van der Waals surface area contributed by atoms with Crippen LogP contribution in [0, 0.1) is 6.92 Å². The highest BCUT2D eigenvalue weighted by atomic mass is 32.2. The lowest BCUT2D eigenvalue weighted by Gasteiger charge is -2.26. The summed E-state index contributed by atoms with van der Waals surface area (Å²) in [6.07, 6.45) is 1.28. The fourth-order valence-corrected chi connectivity index (χ4v) is 6.34. The van der Waals surface area contributed by atoms with Crippen LogP contribution >= 0.6 is 0 Å². The van der Waals surface area contributed by atoms with Crippen molar-refractivity contribution >= 4 is 48.8 Å². The second-order valence-electron chi connectivity index (χ2n) is 8.22. The zero-order valence-corrected chi connectivity index (χ0v) is 22.4. The molecule has 0 fully saturated rings. The van der Waals surface area contributed by atoms with E-state index in [9.17, 15) is 21.6 Å². The number of methoxy groups -OCH3 is 1. The van der Waals surface area contributed by atoms with Gasteiger partial charge in [0.1, 0.15) is 5.75 Å². The molecule has 0 aliphatic rings. The lowest BCUT2D eigenvalue weighted by atomic mass is 10.1. The molecule has 0 amide bonds. The molecule has 0 bridgehead atoms. The molecule has 4 aromatic rings. The molecule has 0 spiro atoms. The van der Waals surface area contributed by atoms with Gasteiger partial charge in [-0.05, 0) is 43.3 Å². The average Bonchev–Trinajstić information content (AvgIpc) is 2.93. The molecule has 38 heavy (non-hydrogen) atoms. The van der Waals surface area contributed by atoms with Gasteiger partial charge in [-0.15, -0.1) is 0 Å². The van der Waals surface area contributed by atoms with Gasteiger partial charge in [-0.2, -0.15) is 0 Å². The standard InChI is InChI=1S/C26H25N3O7S2/c1-19-8-12-22(13-9-19)38(33,34)29(17-36-18-30)26-24-7-5-4-6-23(24)25(16-27-26)28(2)37(31,32)21-14-10-20(35-3)11-15-21/h4-16,18H,17H2,1-3H3. The number of anilines is 2. The van der Waals surface area contributed by atoms with Crippen molar-refractivity contribution in [3.8, 4) is 5.75 Å². The lowest BCUT2D eigenvalue weighted by Crippen LogP contribution is -2.34. The Balaban J connectivity index is 1.85. The average molecular weight is 556 g/mol. The van der Waals surface area contributed by atoms with E-state index in [2.05, 4.69) is 4.98 Å². The number of hydrogen-bond acceptors (Lipinski definition) is 8. The fourth-order valence-electron chi connectivity index (χ4n) is 3.83. The normalized spacial score (nSPS) is 11.7. The van der Waals surface area contributed by atoms with Crippen LogP contribution in [0.5, 0.6) is 5.75 Å². The lowest BCUT2D eigenvalue weighted by molar-refractivity contribution is -0.128. The summed E-state index contributed by atoms with van der Waals surface area (Å²) in [6, 6.07) is 18.8. The number of hydrogen-bond donors (Lipinski definition) is 0. The summed E-state index contributed by atoms with van der Waals surface area (Å²) in [5.41, 5.74) is 1.10. The van der Waals surface area contributed by atoms with Gasteiger partial charge in [-0.25, -0.2) is 26.1 Å². The maximum atomic E-state index is 13.6. The number of benzene rings is 3. The maximum Gasteiger partial charge on any atom is 0.294 e. The Labute approximate surface area is 221 Å². The van der Waals surface area contributed by atoms with Crippen LogP contribution in [0.3, 0.4) is 0 Å². The van der Waals surface area contributed by atoms with Gasteiger partial charge in [0.15, 0.2) is 12.5 Å². The van der Waals surface area contributed by atoms with E-state index in [1.165, 1.54) is 44.6 Å². The van der Waals surface area contributed by atoms with E-state index >= 15 is 0 Å². The van der Waals surface area contributed by atoms with E-state index in [4.69, 9.17) is 9.47 Å². The monoisotopic (exact) mass is 555 g/mol. The number of aromatic nitrogens is 1. The molecule has 0 aliphatic heterocycles. The molecule has 3 aromatic carbocycles. The third kappa shape index (κ3) is 5.00. The minimum atomic E-state index is -4.20. The van der Waals surface area contributed by atoms with Gasteiger partial charge in [0.2, 0.25) is 0 Å². The number of rotatable bonds is 10. The van der Waals surface area contributed by atoms with Crippen LogP contribution in [-0.4, -0.2) is 49.2 Å². The second-order valence-corrected chi connectivity index (χ2v) is 12.1. The molecule has 198 valence electrons. The van der Waals surface area contributed by atoms with Crippen molar-refractivity contribution in [2.24, 2.45) is 0 Å². The minimum Gasteiger partial charge on any atom is -0.497 e. The summed E-state index contributed by atoms with van der Waals surface area (Å²) >= 11 is 0. The third-order valence-electron chi connectivity index (χ3n) is 5.92. The molecule has 12 heteroatoms. The Morgan fingerprint density at radius 2 is 1.42 bits per heavy atom. The maximum absolute atomic E-state index is 13.6. The van der Waals surface area contributed by atoms with E-state index < -0.39 is 26.8 Å². The van der Waals surface area contributed by atoms with E-state index in [0.717, 1.165) is 14.2 Å². The summed E-state index contributed by atoms with van der Waals surface area (Å²) in [7, 11) is -5.33. The zero-order valence-electron chi connectivity index (χ0n) is 20.8. The number of nitrogens with zero attached hydrogens (tertiary/aromatic N) is 3. The van der Waals surface area contributed by atoms with Gasteiger partial charge >= 0.3 is 0 Å². The van der Waals surface area contributed by atoms with Gasteiger partial charge in [0, 0.05) is 17.8 Å². The predicted molar refractivity (Wildman–Crippen MR) is 143 cm³/mol. The van der Waals surface area contributed by atoms with Crippen molar-refractivity contribution in [3.05, 3.63) is 84.6 Å². The SMILES string of the molecule is COc1ccc(S(=O)(=O)N(C)c2cnc(N(COC=O)S(=O)(=O)c3ccc(C)cc3)c3ccccc23)cc1. The Morgan fingerprint density at radius 1 is 0.842 bits per heavy atom. The summed E-state index contributed by atoms with van der Waals surface area (Å²) in [5, 5.41) is 0.763. The van der Waals surface area contributed by atoms with Crippen LogP contribution in [0.25, 0.3) is 10.8 Å². The largest absolute Gasteiger partial charge is 0.497 e. The van der Waals surface area contributed by atoms with Crippen LogP contribution in [0.2, 0.25) is 0 Å². The molecule has 0 radical (unpaired) electrons. The van der Waals surface area contributed by atoms with Gasteiger partial charge in [-0.3, -0.25) is 9.10 Å². The molecule has 1 aromatic heterocycles. The van der Waals surface area contributed by atoms with Crippen molar-refractivity contribution in [1.29, 1.82) is 0 Å². The van der Waals surface area contributed by atoms with Gasteiger partial charge < -0.3 is 9.47 Å². The molecule has 1 heterocycles. The molecule has 0 saturated heterocycles. The predicted octanol–water partition coefficient (Wildman–Crippen LogP) is 3.70. The highest BCUT2D eigenvalue weighted by Crippen LogP contribution is 2.36. The van der Waals surface area contributed by atoms with Gasteiger partial charge in [0.05, 0.1) is 28.8 Å². The summed E-state index contributed by atoms with van der Waals surface area (Å²) in [5.74, 6) is 0.484. The summed E-state index contributed by atoms with van der Waals surface area (Å²) in [6.45, 7) is 1.34. The quantitative estimate of drug-likeness (QED) is 0.214. The molecule has 0 aliphatic carbocycles. The number of pyridine rings is 1. The van der Waals surface area contributed by atoms with Crippen LogP contribution < -0.4 is 13.3 Å². The van der Waals surface area contributed by atoms with Crippen molar-refractivity contribution in [1.82, 2.24) is 4.98 Å². The Kier molecular flexibility index (Phi) is 7.56. The van der Waals surface area contributed by atoms with Crippen LogP contribution in [-0.2, 0) is 29.6 Å². The summed E-state index contributed by atoms with van der Waals surface area (Å²) < 4.78 is 65.9. The Bertz CT molecular complexity index is 1670. The number of carbonyl (C=O) groups is 1. The van der Waals surface area contributed by atoms with E-state index in [1.807, 2.05) is 6.92 Å². The first-order chi connectivity index (χ1) is 18.1. The van der Waals surface area contributed by atoms with E-state index in [-0.39, 0.29) is 27.8 Å². The molecule has 10 nitrogen and oxygen atoms in total. The number of carbonyl (C=O) groups excluding carboxylic acids is 1. The van der Waals surface area contributed by atoms with Gasteiger partial charge in [-0.1, -0.05) is 42.0 Å². The fraction of sp³-hybridized carbons (Fsp3) is 0.154. The zero-order chi connectivity index (χ0) is 27.5. The number of aryl methyl sites for hydroxylation is 1. The van der Waals surface area contributed by atoms with Crippen LogP contribution in [0.15, 0.2) is 88.8 Å². The smallest absolute Gasteiger partial charge is 0.294 e. The molecule has 0 N–H and O–H groups in total. The molecular weight excluding hydrogens is 530 g/mol. The van der Waals surface area contributed by atoms with Crippen LogP contribution in [0.1, 0.15) is 5.56 Å². The topological polar surface area (TPSA) is 123 Å².